The maximum absolute atomic E-state index is 12.7. The summed E-state index contributed by atoms with van der Waals surface area (Å²) in [5.74, 6) is 0.373. The van der Waals surface area contributed by atoms with Crippen molar-refractivity contribution in [2.45, 2.75) is 24.2 Å². The third-order valence-corrected chi connectivity index (χ3v) is 6.90. The van der Waals surface area contributed by atoms with Crippen molar-refractivity contribution in [2.75, 3.05) is 19.6 Å². The molecule has 1 saturated heterocycles. The molecule has 0 radical (unpaired) electrons. The summed E-state index contributed by atoms with van der Waals surface area (Å²) in [5, 5.41) is 0. The van der Waals surface area contributed by atoms with Gasteiger partial charge in [-0.1, -0.05) is 15.9 Å². The van der Waals surface area contributed by atoms with Crippen molar-refractivity contribution in [3.63, 3.8) is 0 Å². The molecule has 1 aliphatic heterocycles. The van der Waals surface area contributed by atoms with Crippen LogP contribution in [0.4, 0.5) is 0 Å². The number of piperidine rings is 1. The minimum atomic E-state index is -3.44. The lowest BCUT2D eigenvalue weighted by atomic mass is 9.96. The van der Waals surface area contributed by atoms with Crippen molar-refractivity contribution >= 4 is 41.9 Å². The largest absolute Gasteiger partial charge is 0.330 e. The molecule has 0 aliphatic carbocycles. The molecule has 4 nitrogen and oxygen atoms in total. The van der Waals surface area contributed by atoms with Crippen LogP contribution in [0.2, 0.25) is 0 Å². The highest BCUT2D eigenvalue weighted by atomic mass is 79.9. The van der Waals surface area contributed by atoms with Gasteiger partial charge in [0.25, 0.3) is 0 Å². The lowest BCUT2D eigenvalue weighted by molar-refractivity contribution is 0.258. The maximum Gasteiger partial charge on any atom is 0.244 e. The second kappa shape index (κ2) is 6.87. The first-order valence-electron chi connectivity index (χ1n) is 6.60. The van der Waals surface area contributed by atoms with Gasteiger partial charge in [-0.15, -0.1) is 0 Å². The second-order valence-corrected chi connectivity index (χ2v) is 8.70. The zero-order chi connectivity index (χ0) is 14.8. The summed E-state index contributed by atoms with van der Waals surface area (Å²) in [4.78, 5) is 0.328. The highest BCUT2D eigenvalue weighted by Crippen LogP contribution is 2.31. The van der Waals surface area contributed by atoms with Crippen LogP contribution in [0.25, 0.3) is 0 Å². The summed E-state index contributed by atoms with van der Waals surface area (Å²) in [5.41, 5.74) is 5.59. The standard InChI is InChI=1S/C13H18Br2N2O2S/c14-11-3-4-13(12(15)8-11)20(18,19)17-7-1-2-10(9-17)5-6-16/h3-4,8,10H,1-2,5-7,9,16H2. The predicted octanol–water partition coefficient (Wildman–Crippen LogP) is 2.96. The summed E-state index contributed by atoms with van der Waals surface area (Å²) >= 11 is 6.68. The molecular formula is C13H18Br2N2O2S. The summed E-state index contributed by atoms with van der Waals surface area (Å²) in [6.07, 6.45) is 2.84. The van der Waals surface area contributed by atoms with Crippen molar-refractivity contribution in [1.82, 2.24) is 4.31 Å². The number of rotatable bonds is 4. The molecule has 1 fully saturated rings. The van der Waals surface area contributed by atoms with E-state index in [0.29, 0.717) is 34.9 Å². The van der Waals surface area contributed by atoms with Crippen molar-refractivity contribution in [1.29, 1.82) is 0 Å². The average Bonchev–Trinajstić information content (AvgIpc) is 2.39. The average molecular weight is 426 g/mol. The van der Waals surface area contributed by atoms with Crippen LogP contribution in [0, 0.1) is 5.92 Å². The molecule has 112 valence electrons. The Balaban J connectivity index is 2.25. The van der Waals surface area contributed by atoms with Crippen LogP contribution in [-0.4, -0.2) is 32.4 Å². The van der Waals surface area contributed by atoms with Crippen LogP contribution < -0.4 is 5.73 Å². The minimum Gasteiger partial charge on any atom is -0.330 e. The number of hydrogen-bond acceptors (Lipinski definition) is 3. The monoisotopic (exact) mass is 424 g/mol. The Kier molecular flexibility index (Phi) is 5.64. The van der Waals surface area contributed by atoms with E-state index in [1.54, 1.807) is 22.5 Å². The fourth-order valence-electron chi connectivity index (χ4n) is 2.54. The van der Waals surface area contributed by atoms with Crippen LogP contribution in [0.15, 0.2) is 32.0 Å². The first kappa shape index (κ1) is 16.4. The zero-order valence-electron chi connectivity index (χ0n) is 11.1. The normalized spacial score (nSPS) is 21.1. The molecular weight excluding hydrogens is 408 g/mol. The molecule has 0 aromatic heterocycles. The summed E-state index contributed by atoms with van der Waals surface area (Å²) in [6, 6.07) is 5.14. The lowest BCUT2D eigenvalue weighted by Gasteiger charge is -2.32. The van der Waals surface area contributed by atoms with Crippen LogP contribution in [-0.2, 0) is 10.0 Å². The van der Waals surface area contributed by atoms with Gasteiger partial charge >= 0.3 is 0 Å². The minimum absolute atomic E-state index is 0.328. The van der Waals surface area contributed by atoms with E-state index in [4.69, 9.17) is 5.73 Å². The Labute approximate surface area is 137 Å². The molecule has 20 heavy (non-hydrogen) atoms. The highest BCUT2D eigenvalue weighted by Gasteiger charge is 2.31. The van der Waals surface area contributed by atoms with Crippen molar-refractivity contribution in [3.8, 4) is 0 Å². The molecule has 1 aromatic carbocycles. The van der Waals surface area contributed by atoms with Gasteiger partial charge in [0.05, 0.1) is 4.90 Å². The van der Waals surface area contributed by atoms with E-state index in [9.17, 15) is 8.42 Å². The summed E-state index contributed by atoms with van der Waals surface area (Å²) < 4.78 is 28.5. The summed E-state index contributed by atoms with van der Waals surface area (Å²) in [7, 11) is -3.44. The van der Waals surface area contributed by atoms with Crippen molar-refractivity contribution in [3.05, 3.63) is 27.1 Å². The van der Waals surface area contributed by atoms with E-state index in [1.165, 1.54) is 0 Å². The number of sulfonamides is 1. The Morgan fingerprint density at radius 2 is 2.10 bits per heavy atom. The maximum atomic E-state index is 12.7. The summed E-state index contributed by atoms with van der Waals surface area (Å²) in [6.45, 7) is 1.77. The van der Waals surface area contributed by atoms with Crippen LogP contribution in [0.5, 0.6) is 0 Å². The van der Waals surface area contributed by atoms with E-state index in [0.717, 1.165) is 23.7 Å². The number of benzene rings is 1. The molecule has 7 heteroatoms. The SMILES string of the molecule is NCCC1CCCN(S(=O)(=O)c2ccc(Br)cc2Br)C1. The lowest BCUT2D eigenvalue weighted by Crippen LogP contribution is -2.40. The highest BCUT2D eigenvalue weighted by molar-refractivity contribution is 9.11. The van der Waals surface area contributed by atoms with E-state index >= 15 is 0 Å². The first-order chi connectivity index (χ1) is 9.45. The molecule has 2 N–H and O–H groups in total. The number of halogens is 2. The molecule has 0 spiro atoms. The fraction of sp³-hybridized carbons (Fsp3) is 0.538. The van der Waals surface area contributed by atoms with Gasteiger partial charge in [-0.3, -0.25) is 0 Å². The Morgan fingerprint density at radius 3 is 2.75 bits per heavy atom. The van der Waals surface area contributed by atoms with Gasteiger partial charge in [0.1, 0.15) is 0 Å². The fourth-order valence-corrected chi connectivity index (χ4v) is 5.80. The number of hydrogen-bond donors (Lipinski definition) is 1. The Morgan fingerprint density at radius 1 is 1.35 bits per heavy atom. The van der Waals surface area contributed by atoms with Gasteiger partial charge in [-0.2, -0.15) is 4.31 Å². The second-order valence-electron chi connectivity index (χ2n) is 5.02. The number of nitrogens with zero attached hydrogens (tertiary/aromatic N) is 1. The van der Waals surface area contributed by atoms with E-state index in [-0.39, 0.29) is 0 Å². The van der Waals surface area contributed by atoms with Gasteiger partial charge in [-0.25, -0.2) is 8.42 Å². The van der Waals surface area contributed by atoms with Crippen LogP contribution >= 0.6 is 31.9 Å². The molecule has 1 unspecified atom stereocenters. The number of nitrogens with two attached hydrogens (primary N) is 1. The smallest absolute Gasteiger partial charge is 0.244 e. The first-order valence-corrected chi connectivity index (χ1v) is 9.63. The van der Waals surface area contributed by atoms with Gasteiger partial charge in [0.2, 0.25) is 10.0 Å². The quantitative estimate of drug-likeness (QED) is 0.806. The van der Waals surface area contributed by atoms with Gasteiger partial charge in [0.15, 0.2) is 0 Å². The third kappa shape index (κ3) is 3.62. The van der Waals surface area contributed by atoms with E-state index in [2.05, 4.69) is 31.9 Å². The molecule has 1 atom stereocenters. The van der Waals surface area contributed by atoms with Gasteiger partial charge in [-0.05, 0) is 65.9 Å². The predicted molar refractivity (Wildman–Crippen MR) is 87.0 cm³/mol. The molecule has 0 bridgehead atoms. The Bertz CT molecular complexity index is 576. The molecule has 1 heterocycles. The van der Waals surface area contributed by atoms with E-state index < -0.39 is 10.0 Å². The molecule has 0 saturated carbocycles. The zero-order valence-corrected chi connectivity index (χ0v) is 15.0. The third-order valence-electron chi connectivity index (χ3n) is 3.57. The molecule has 0 amide bonds. The van der Waals surface area contributed by atoms with Gasteiger partial charge in [0, 0.05) is 22.0 Å². The topological polar surface area (TPSA) is 63.4 Å². The molecule has 1 aliphatic rings. The Hall–Kier alpha value is 0.0500. The van der Waals surface area contributed by atoms with Gasteiger partial charge < -0.3 is 5.73 Å². The van der Waals surface area contributed by atoms with Crippen LogP contribution in [0.1, 0.15) is 19.3 Å². The van der Waals surface area contributed by atoms with Crippen molar-refractivity contribution in [2.24, 2.45) is 11.7 Å². The van der Waals surface area contributed by atoms with Crippen molar-refractivity contribution < 1.29 is 8.42 Å². The van der Waals surface area contributed by atoms with Crippen LogP contribution in [0.3, 0.4) is 0 Å². The van der Waals surface area contributed by atoms with E-state index in [1.807, 2.05) is 0 Å². The molecule has 2 rings (SSSR count). The molecule has 1 aromatic rings.